The molecule has 5 aliphatic heterocycles. The molecule has 2 aromatic rings. The number of anilines is 2. The number of fused-ring (bicyclic) bond motifs is 3. The molecule has 11 nitrogen and oxygen atoms in total. The average Bonchev–Trinajstić information content (AvgIpc) is 3.52. The number of hydrogen-bond donors (Lipinski definition) is 2. The molecular weight excluding hydrogens is 544 g/mol. The fourth-order valence-electron chi connectivity index (χ4n) is 6.93. The zero-order valence-corrected chi connectivity index (χ0v) is 24.4. The second-order valence-corrected chi connectivity index (χ2v) is 13.3. The van der Waals surface area contributed by atoms with Gasteiger partial charge in [0.15, 0.2) is 17.4 Å². The Bertz CT molecular complexity index is 1240. The molecule has 4 atom stereocenters. The van der Waals surface area contributed by atoms with Crippen LogP contribution in [0, 0.1) is 17.3 Å². The summed E-state index contributed by atoms with van der Waals surface area (Å²) in [7, 11) is 0. The summed E-state index contributed by atoms with van der Waals surface area (Å²) in [4.78, 5) is 19.8. The van der Waals surface area contributed by atoms with E-state index in [0.29, 0.717) is 30.2 Å². The van der Waals surface area contributed by atoms with E-state index in [1.165, 1.54) is 11.8 Å². The third kappa shape index (κ3) is 5.27. The summed E-state index contributed by atoms with van der Waals surface area (Å²) < 4.78 is 23.4. The Balaban J connectivity index is 1.02. The zero-order chi connectivity index (χ0) is 28.0. The summed E-state index contributed by atoms with van der Waals surface area (Å²) in [6, 6.07) is 2.34. The van der Waals surface area contributed by atoms with Crippen LogP contribution < -0.4 is 20.3 Å². The van der Waals surface area contributed by atoms with Gasteiger partial charge in [0, 0.05) is 49.1 Å². The molecule has 0 unspecified atom stereocenters. The van der Waals surface area contributed by atoms with Crippen LogP contribution in [0.5, 0.6) is 5.75 Å². The predicted molar refractivity (Wildman–Crippen MR) is 153 cm³/mol. The molecule has 0 aromatic carbocycles. The maximum Gasteiger partial charge on any atom is 0.175 e. The van der Waals surface area contributed by atoms with Crippen LogP contribution in [0.25, 0.3) is 0 Å². The van der Waals surface area contributed by atoms with Crippen molar-refractivity contribution in [3.8, 4) is 5.75 Å². The number of ether oxygens (including phenoxy) is 4. The first-order chi connectivity index (χ1) is 20.0. The van der Waals surface area contributed by atoms with Crippen LogP contribution in [0.3, 0.4) is 0 Å². The number of pyridine rings is 1. The SMILES string of the molecule is C[C@@H]1OCC2(CCN(c3ncc(Sc4ccnc5c4OC[C@@H]4C[C@H](COCC6COC6)CN54)nc3CO)CC2)[C@@H]1N. The van der Waals surface area contributed by atoms with Crippen LogP contribution in [0.15, 0.2) is 28.4 Å². The number of nitrogens with two attached hydrogens (primary N) is 1. The highest BCUT2D eigenvalue weighted by atomic mass is 32.2. The van der Waals surface area contributed by atoms with E-state index >= 15 is 0 Å². The van der Waals surface area contributed by atoms with Gasteiger partial charge in [0.2, 0.25) is 0 Å². The number of aliphatic hydroxyl groups excluding tert-OH is 1. The van der Waals surface area contributed by atoms with Gasteiger partial charge in [-0.3, -0.25) is 0 Å². The molecule has 0 aliphatic carbocycles. The highest BCUT2D eigenvalue weighted by molar-refractivity contribution is 7.99. The topological polar surface area (TPSA) is 128 Å². The van der Waals surface area contributed by atoms with Crippen molar-refractivity contribution in [2.45, 2.75) is 60.9 Å². The van der Waals surface area contributed by atoms with Gasteiger partial charge in [-0.25, -0.2) is 15.0 Å². The van der Waals surface area contributed by atoms with E-state index in [1.54, 1.807) is 6.20 Å². The van der Waals surface area contributed by atoms with E-state index < -0.39 is 0 Å². The Hall–Kier alpha value is -2.22. The van der Waals surface area contributed by atoms with Crippen LogP contribution in [-0.2, 0) is 20.8 Å². The molecule has 0 saturated carbocycles. The molecule has 0 bridgehead atoms. The van der Waals surface area contributed by atoms with Gasteiger partial charge in [-0.2, -0.15) is 0 Å². The molecule has 7 rings (SSSR count). The molecule has 4 fully saturated rings. The van der Waals surface area contributed by atoms with Crippen molar-refractivity contribution in [2.75, 3.05) is 69.1 Å². The molecule has 7 heterocycles. The maximum atomic E-state index is 10.2. The Kier molecular flexibility index (Phi) is 7.72. The standard InChI is InChI=1S/C29H40N6O5S/c1-18-26(30)29(17-40-18)3-6-34(7-4-29)27-22(11-36)33-24(9-32-27)41-23-2-5-31-28-25(23)39-16-21-8-19(10-35(21)28)12-37-13-20-14-38-15-20/h2,5,9,18-21,26,36H,3-4,6-8,10-17,30H2,1H3/t18-,19-,21-,26+/m0/s1. The molecule has 0 radical (unpaired) electrons. The number of piperidine rings is 1. The minimum absolute atomic E-state index is 0.0335. The summed E-state index contributed by atoms with van der Waals surface area (Å²) >= 11 is 1.50. The molecule has 41 heavy (non-hydrogen) atoms. The first-order valence-corrected chi connectivity index (χ1v) is 15.7. The van der Waals surface area contributed by atoms with Crippen LogP contribution in [0.2, 0.25) is 0 Å². The molecule has 3 N–H and O–H groups in total. The van der Waals surface area contributed by atoms with Gasteiger partial charge in [0.25, 0.3) is 0 Å². The second-order valence-electron chi connectivity index (χ2n) is 12.3. The van der Waals surface area contributed by atoms with Crippen molar-refractivity contribution >= 4 is 23.4 Å². The fraction of sp³-hybridized carbons (Fsp3) is 0.690. The molecule has 4 saturated heterocycles. The molecule has 222 valence electrons. The minimum Gasteiger partial charge on any atom is -0.486 e. The third-order valence-electron chi connectivity index (χ3n) is 9.53. The first kappa shape index (κ1) is 27.6. The van der Waals surface area contributed by atoms with E-state index in [4.69, 9.17) is 39.6 Å². The maximum absolute atomic E-state index is 10.2. The smallest absolute Gasteiger partial charge is 0.175 e. The van der Waals surface area contributed by atoms with Gasteiger partial charge < -0.3 is 39.6 Å². The molecule has 2 aromatic heterocycles. The monoisotopic (exact) mass is 584 g/mol. The van der Waals surface area contributed by atoms with Gasteiger partial charge in [0.1, 0.15) is 17.3 Å². The third-order valence-corrected chi connectivity index (χ3v) is 10.5. The van der Waals surface area contributed by atoms with E-state index in [0.717, 1.165) is 99.2 Å². The second kappa shape index (κ2) is 11.5. The van der Waals surface area contributed by atoms with Gasteiger partial charge >= 0.3 is 0 Å². The zero-order valence-electron chi connectivity index (χ0n) is 23.6. The van der Waals surface area contributed by atoms with Crippen LogP contribution in [-0.4, -0.2) is 97.5 Å². The lowest BCUT2D eigenvalue weighted by molar-refractivity contribution is -0.0749. The highest BCUT2D eigenvalue weighted by Crippen LogP contribution is 2.46. The van der Waals surface area contributed by atoms with Crippen molar-refractivity contribution in [1.29, 1.82) is 0 Å². The predicted octanol–water partition coefficient (Wildman–Crippen LogP) is 2.10. The summed E-state index contributed by atoms with van der Waals surface area (Å²) in [5.41, 5.74) is 7.12. The van der Waals surface area contributed by atoms with E-state index in [9.17, 15) is 5.11 Å². The number of aromatic nitrogens is 3. The molecule has 5 aliphatic rings. The number of nitrogens with zero attached hydrogens (tertiary/aromatic N) is 5. The van der Waals surface area contributed by atoms with Crippen molar-refractivity contribution in [2.24, 2.45) is 23.0 Å². The summed E-state index contributed by atoms with van der Waals surface area (Å²) in [5.74, 6) is 3.44. The summed E-state index contributed by atoms with van der Waals surface area (Å²) in [6.45, 7) is 8.99. The Morgan fingerprint density at radius 3 is 2.71 bits per heavy atom. The largest absolute Gasteiger partial charge is 0.486 e. The minimum atomic E-state index is -0.171. The lowest BCUT2D eigenvalue weighted by Gasteiger charge is -2.41. The normalized spacial score (nSPS) is 28.9. The number of rotatable bonds is 8. The Labute approximate surface area is 245 Å². The molecule has 0 amide bonds. The summed E-state index contributed by atoms with van der Waals surface area (Å²) in [6.07, 6.45) is 6.67. The van der Waals surface area contributed by atoms with E-state index in [1.807, 2.05) is 12.3 Å². The van der Waals surface area contributed by atoms with Gasteiger partial charge in [-0.1, -0.05) is 11.8 Å². The quantitative estimate of drug-likeness (QED) is 0.472. The van der Waals surface area contributed by atoms with Gasteiger partial charge in [-0.15, -0.1) is 0 Å². The highest BCUT2D eigenvalue weighted by Gasteiger charge is 2.48. The van der Waals surface area contributed by atoms with E-state index in [2.05, 4.69) is 16.7 Å². The summed E-state index contributed by atoms with van der Waals surface area (Å²) in [5, 5.41) is 10.9. The molecule has 12 heteroatoms. The molecule has 1 spiro atoms. The Morgan fingerprint density at radius 1 is 1.15 bits per heavy atom. The average molecular weight is 585 g/mol. The number of aliphatic hydroxyl groups is 1. The lowest BCUT2D eigenvalue weighted by atomic mass is 9.73. The van der Waals surface area contributed by atoms with Gasteiger partial charge in [0.05, 0.1) is 62.9 Å². The van der Waals surface area contributed by atoms with Gasteiger partial charge in [-0.05, 0) is 32.3 Å². The van der Waals surface area contributed by atoms with Crippen LogP contribution in [0.4, 0.5) is 11.6 Å². The number of hydrogen-bond acceptors (Lipinski definition) is 12. The molecular formula is C29H40N6O5S. The lowest BCUT2D eigenvalue weighted by Crippen LogP contribution is -2.51. The van der Waals surface area contributed by atoms with Crippen molar-refractivity contribution in [1.82, 2.24) is 15.0 Å². The van der Waals surface area contributed by atoms with E-state index in [-0.39, 0.29) is 24.2 Å². The van der Waals surface area contributed by atoms with Crippen molar-refractivity contribution in [3.05, 3.63) is 24.2 Å². The van der Waals surface area contributed by atoms with Crippen LogP contribution >= 0.6 is 11.8 Å². The van der Waals surface area contributed by atoms with Crippen molar-refractivity contribution in [3.63, 3.8) is 0 Å². The fourth-order valence-corrected chi connectivity index (χ4v) is 7.78. The first-order valence-electron chi connectivity index (χ1n) is 14.8. The Morgan fingerprint density at radius 2 is 1.98 bits per heavy atom. The van der Waals surface area contributed by atoms with Crippen LogP contribution in [0.1, 0.15) is 31.9 Å². The van der Waals surface area contributed by atoms with Crippen molar-refractivity contribution < 1.29 is 24.1 Å².